The molecule has 0 fully saturated rings. The summed E-state index contributed by atoms with van der Waals surface area (Å²) in [5, 5.41) is 6.75. The van der Waals surface area contributed by atoms with Crippen molar-refractivity contribution >= 4 is 43.3 Å². The Labute approximate surface area is 190 Å². The number of furan rings is 1. The molecule has 4 heteroatoms. The summed E-state index contributed by atoms with van der Waals surface area (Å²) in [5.41, 5.74) is 4.89. The molecular formula is C28H22N2OS. The van der Waals surface area contributed by atoms with Gasteiger partial charge in [0.1, 0.15) is 16.2 Å². The second kappa shape index (κ2) is 7.01. The summed E-state index contributed by atoms with van der Waals surface area (Å²) >= 11 is 1.64. The monoisotopic (exact) mass is 434 g/mol. The van der Waals surface area contributed by atoms with Gasteiger partial charge in [0.25, 0.3) is 0 Å². The smallest absolute Gasteiger partial charge is 0.161 e. The topological polar surface area (TPSA) is 38.9 Å². The number of thiophene rings is 1. The second-order valence-corrected chi connectivity index (χ2v) is 10.1. The van der Waals surface area contributed by atoms with Crippen LogP contribution in [0.25, 0.3) is 54.7 Å². The number of nitrogens with zero attached hydrogens (tertiary/aromatic N) is 2. The van der Waals surface area contributed by atoms with E-state index in [1.807, 2.05) is 18.3 Å². The van der Waals surface area contributed by atoms with Gasteiger partial charge < -0.3 is 4.42 Å². The first-order chi connectivity index (χ1) is 15.5. The van der Waals surface area contributed by atoms with Gasteiger partial charge in [0, 0.05) is 22.5 Å². The minimum absolute atomic E-state index is 0.0118. The molecule has 0 spiro atoms. The van der Waals surface area contributed by atoms with E-state index in [0.29, 0.717) is 0 Å². The van der Waals surface area contributed by atoms with E-state index >= 15 is 0 Å². The van der Waals surface area contributed by atoms with Crippen molar-refractivity contribution in [2.24, 2.45) is 0 Å². The van der Waals surface area contributed by atoms with Crippen LogP contribution in [0.5, 0.6) is 0 Å². The number of rotatable bonds is 2. The Morgan fingerprint density at radius 2 is 1.72 bits per heavy atom. The minimum Gasteiger partial charge on any atom is -0.452 e. The van der Waals surface area contributed by atoms with Gasteiger partial charge in [-0.05, 0) is 69.6 Å². The van der Waals surface area contributed by atoms with Crippen molar-refractivity contribution in [1.29, 1.82) is 0 Å². The maximum absolute atomic E-state index is 6.38. The van der Waals surface area contributed by atoms with E-state index in [1.165, 1.54) is 16.3 Å². The molecule has 0 N–H and O–H groups in total. The third kappa shape index (κ3) is 3.10. The number of pyridine rings is 2. The predicted molar refractivity (Wildman–Crippen MR) is 134 cm³/mol. The largest absolute Gasteiger partial charge is 0.452 e. The van der Waals surface area contributed by atoms with Crippen LogP contribution >= 0.6 is 11.3 Å². The molecule has 2 aromatic carbocycles. The zero-order valence-corrected chi connectivity index (χ0v) is 19.0. The van der Waals surface area contributed by atoms with E-state index in [0.717, 1.165) is 43.9 Å². The van der Waals surface area contributed by atoms with Crippen molar-refractivity contribution in [2.75, 3.05) is 0 Å². The molecule has 0 saturated carbocycles. The molecular weight excluding hydrogens is 412 g/mol. The van der Waals surface area contributed by atoms with Gasteiger partial charge in [-0.2, -0.15) is 0 Å². The van der Waals surface area contributed by atoms with Crippen LogP contribution in [0.4, 0.5) is 0 Å². The van der Waals surface area contributed by atoms with Crippen LogP contribution < -0.4 is 0 Å². The predicted octanol–water partition coefficient (Wildman–Crippen LogP) is 8.22. The molecule has 0 aliphatic heterocycles. The quantitative estimate of drug-likeness (QED) is 0.275. The Bertz CT molecular complexity index is 1620. The lowest BCUT2D eigenvalue weighted by atomic mass is 9.82. The third-order valence-corrected chi connectivity index (χ3v) is 6.77. The van der Waals surface area contributed by atoms with Gasteiger partial charge in [-0.3, -0.25) is 4.98 Å². The summed E-state index contributed by atoms with van der Waals surface area (Å²) in [5.74, 6) is 0.765. The normalized spacial score (nSPS) is 12.2. The zero-order chi connectivity index (χ0) is 21.9. The van der Waals surface area contributed by atoms with E-state index in [2.05, 4.69) is 80.7 Å². The van der Waals surface area contributed by atoms with Crippen LogP contribution in [0.2, 0.25) is 0 Å². The molecule has 0 bridgehead atoms. The molecule has 3 nitrogen and oxygen atoms in total. The van der Waals surface area contributed by atoms with Crippen LogP contribution in [0, 0.1) is 0 Å². The van der Waals surface area contributed by atoms with Gasteiger partial charge in [-0.1, -0.05) is 45.0 Å². The van der Waals surface area contributed by atoms with Crippen molar-refractivity contribution in [3.63, 3.8) is 0 Å². The average molecular weight is 435 g/mol. The first-order valence-corrected chi connectivity index (χ1v) is 11.6. The van der Waals surface area contributed by atoms with Crippen LogP contribution in [-0.4, -0.2) is 9.97 Å². The number of hydrogen-bond donors (Lipinski definition) is 0. The first kappa shape index (κ1) is 19.2. The molecule has 0 unspecified atom stereocenters. The Morgan fingerprint density at radius 1 is 0.844 bits per heavy atom. The molecule has 0 atom stereocenters. The summed E-state index contributed by atoms with van der Waals surface area (Å²) in [7, 11) is 0. The molecule has 0 aliphatic rings. The van der Waals surface area contributed by atoms with Crippen molar-refractivity contribution in [2.45, 2.75) is 26.2 Å². The number of fused-ring (bicyclic) bond motifs is 3. The zero-order valence-electron chi connectivity index (χ0n) is 18.2. The fourth-order valence-corrected chi connectivity index (χ4v) is 5.11. The molecule has 0 aliphatic carbocycles. The van der Waals surface area contributed by atoms with Crippen LogP contribution in [0.3, 0.4) is 0 Å². The molecule has 0 amide bonds. The van der Waals surface area contributed by atoms with Gasteiger partial charge in [0.2, 0.25) is 0 Å². The molecule has 0 radical (unpaired) electrons. The van der Waals surface area contributed by atoms with E-state index in [-0.39, 0.29) is 5.41 Å². The van der Waals surface area contributed by atoms with E-state index in [4.69, 9.17) is 14.4 Å². The van der Waals surface area contributed by atoms with Gasteiger partial charge in [-0.25, -0.2) is 4.98 Å². The van der Waals surface area contributed by atoms with Gasteiger partial charge in [-0.15, -0.1) is 11.3 Å². The van der Waals surface area contributed by atoms with Crippen LogP contribution in [0.1, 0.15) is 26.3 Å². The third-order valence-electron chi connectivity index (χ3n) is 5.95. The Hall–Kier alpha value is -3.50. The maximum atomic E-state index is 6.38. The Kier molecular flexibility index (Phi) is 4.21. The lowest BCUT2D eigenvalue weighted by Crippen LogP contribution is -2.12. The standard InChI is InChI=1S/C28H22N2OS/c1-28(2,3)22-15-20(14-18-6-4-5-7-21(18)22)25-26-19(10-12-29-25)16-24(31-26)23-9-8-17-11-13-32-27(17)30-23/h4-16H,1-3H3. The lowest BCUT2D eigenvalue weighted by molar-refractivity contribution is 0.596. The fourth-order valence-electron chi connectivity index (χ4n) is 4.35. The highest BCUT2D eigenvalue weighted by atomic mass is 32.1. The lowest BCUT2D eigenvalue weighted by Gasteiger charge is -2.22. The van der Waals surface area contributed by atoms with Crippen LogP contribution in [0.15, 0.2) is 82.7 Å². The average Bonchev–Trinajstić information content (AvgIpc) is 3.43. The van der Waals surface area contributed by atoms with Crippen LogP contribution in [-0.2, 0) is 5.41 Å². The van der Waals surface area contributed by atoms with Crippen molar-refractivity contribution < 1.29 is 4.42 Å². The van der Waals surface area contributed by atoms with Crippen molar-refractivity contribution in [3.8, 4) is 22.7 Å². The van der Waals surface area contributed by atoms with E-state index in [1.54, 1.807) is 11.3 Å². The molecule has 156 valence electrons. The molecule has 0 saturated heterocycles. The van der Waals surface area contributed by atoms with Gasteiger partial charge in [0.05, 0.1) is 0 Å². The Balaban J connectivity index is 1.56. The molecule has 4 aromatic heterocycles. The summed E-state index contributed by atoms with van der Waals surface area (Å²) < 4.78 is 6.38. The minimum atomic E-state index is 0.0118. The highest BCUT2D eigenvalue weighted by Gasteiger charge is 2.20. The molecule has 32 heavy (non-hydrogen) atoms. The summed E-state index contributed by atoms with van der Waals surface area (Å²) in [4.78, 5) is 10.6. The van der Waals surface area contributed by atoms with Gasteiger partial charge in [0.15, 0.2) is 11.3 Å². The highest BCUT2D eigenvalue weighted by molar-refractivity contribution is 7.16. The maximum Gasteiger partial charge on any atom is 0.161 e. The SMILES string of the molecule is CC(C)(C)c1cc(-c2nccc3cc(-c4ccc5ccsc5n4)oc23)cc2ccccc12. The fraction of sp³-hybridized carbons (Fsp3) is 0.143. The van der Waals surface area contributed by atoms with Crippen molar-refractivity contribution in [1.82, 2.24) is 9.97 Å². The molecule has 6 aromatic rings. The summed E-state index contributed by atoms with van der Waals surface area (Å²) in [6.07, 6.45) is 1.86. The van der Waals surface area contributed by atoms with E-state index in [9.17, 15) is 0 Å². The molecule has 6 rings (SSSR count). The highest BCUT2D eigenvalue weighted by Crippen LogP contribution is 2.38. The Morgan fingerprint density at radius 3 is 2.59 bits per heavy atom. The number of aromatic nitrogens is 2. The van der Waals surface area contributed by atoms with E-state index < -0.39 is 0 Å². The van der Waals surface area contributed by atoms with Crippen molar-refractivity contribution in [3.05, 3.63) is 83.9 Å². The summed E-state index contributed by atoms with van der Waals surface area (Å²) in [6.45, 7) is 6.76. The second-order valence-electron chi connectivity index (χ2n) is 9.19. The number of hydrogen-bond acceptors (Lipinski definition) is 4. The number of benzene rings is 2. The summed E-state index contributed by atoms with van der Waals surface area (Å²) in [6, 6.07) is 23.3. The van der Waals surface area contributed by atoms with Gasteiger partial charge >= 0.3 is 0 Å². The molecule has 4 heterocycles. The first-order valence-electron chi connectivity index (χ1n) is 10.7.